The molecule has 0 fully saturated rings. The number of tetrazole rings is 1. The van der Waals surface area contributed by atoms with Crippen LogP contribution >= 0.6 is 11.3 Å². The Kier molecular flexibility index (Phi) is 1.84. The highest BCUT2D eigenvalue weighted by atomic mass is 32.1. The van der Waals surface area contributed by atoms with Gasteiger partial charge in [0.2, 0.25) is 0 Å². The zero-order valence-electron chi connectivity index (χ0n) is 6.14. The van der Waals surface area contributed by atoms with Crippen LogP contribution in [0.5, 0.6) is 0 Å². The predicted octanol–water partition coefficient (Wildman–Crippen LogP) is 0.309. The Bertz CT molecular complexity index is 292. The standard InChI is InChI=1S/C6H7N5S/c7-5(4-2-1-3-12-4)6-8-10-11-9-6/h1-3,5H,7H2,(H,8,9,10,11). The smallest absolute Gasteiger partial charge is 0.196 e. The van der Waals surface area contributed by atoms with E-state index in [9.17, 15) is 0 Å². The van der Waals surface area contributed by atoms with Gasteiger partial charge in [0, 0.05) is 4.88 Å². The molecule has 0 amide bonds. The van der Waals surface area contributed by atoms with Gasteiger partial charge in [-0.25, -0.2) is 0 Å². The molecule has 62 valence electrons. The van der Waals surface area contributed by atoms with Crippen molar-refractivity contribution in [3.05, 3.63) is 28.2 Å². The SMILES string of the molecule is NC(c1nn[nH]n1)c1cccs1. The quantitative estimate of drug-likeness (QED) is 0.698. The minimum Gasteiger partial charge on any atom is -0.317 e. The molecule has 0 spiro atoms. The molecule has 0 aliphatic heterocycles. The molecule has 2 aromatic rings. The molecule has 5 nitrogen and oxygen atoms in total. The Hall–Kier alpha value is -1.27. The fourth-order valence-electron chi connectivity index (χ4n) is 0.897. The van der Waals surface area contributed by atoms with E-state index in [0.29, 0.717) is 5.82 Å². The summed E-state index contributed by atoms with van der Waals surface area (Å²) in [6.45, 7) is 0. The van der Waals surface area contributed by atoms with E-state index in [1.165, 1.54) is 0 Å². The first-order valence-electron chi connectivity index (χ1n) is 3.40. The maximum Gasteiger partial charge on any atom is 0.196 e. The number of aromatic amines is 1. The Labute approximate surface area is 72.6 Å². The third kappa shape index (κ3) is 1.21. The first-order valence-corrected chi connectivity index (χ1v) is 4.28. The summed E-state index contributed by atoms with van der Waals surface area (Å²) in [4.78, 5) is 1.04. The summed E-state index contributed by atoms with van der Waals surface area (Å²) in [5.74, 6) is 0.525. The highest BCUT2D eigenvalue weighted by Gasteiger charge is 2.13. The largest absolute Gasteiger partial charge is 0.317 e. The lowest BCUT2D eigenvalue weighted by atomic mass is 10.2. The number of nitrogens with two attached hydrogens (primary N) is 1. The van der Waals surface area contributed by atoms with Crippen molar-refractivity contribution >= 4 is 11.3 Å². The van der Waals surface area contributed by atoms with E-state index in [2.05, 4.69) is 20.6 Å². The lowest BCUT2D eigenvalue weighted by molar-refractivity contribution is 0.800. The van der Waals surface area contributed by atoms with Crippen molar-refractivity contribution in [2.24, 2.45) is 5.73 Å². The van der Waals surface area contributed by atoms with Crippen LogP contribution in [0.1, 0.15) is 16.7 Å². The fraction of sp³-hybridized carbons (Fsp3) is 0.167. The Morgan fingerprint density at radius 3 is 3.08 bits per heavy atom. The van der Waals surface area contributed by atoms with Crippen LogP contribution in [0, 0.1) is 0 Å². The summed E-state index contributed by atoms with van der Waals surface area (Å²) >= 11 is 1.58. The second-order valence-electron chi connectivity index (χ2n) is 2.26. The maximum atomic E-state index is 5.83. The molecule has 0 aliphatic carbocycles. The first kappa shape index (κ1) is 7.38. The molecule has 2 heterocycles. The summed E-state index contributed by atoms with van der Waals surface area (Å²) in [6.07, 6.45) is 0. The van der Waals surface area contributed by atoms with Crippen molar-refractivity contribution in [2.45, 2.75) is 6.04 Å². The molecule has 3 N–H and O–H groups in total. The second-order valence-corrected chi connectivity index (χ2v) is 3.24. The van der Waals surface area contributed by atoms with E-state index < -0.39 is 0 Å². The Balaban J connectivity index is 2.27. The molecule has 0 bridgehead atoms. The van der Waals surface area contributed by atoms with E-state index in [4.69, 9.17) is 5.73 Å². The third-order valence-electron chi connectivity index (χ3n) is 1.49. The van der Waals surface area contributed by atoms with Gasteiger partial charge in [0.05, 0.1) is 0 Å². The molecule has 12 heavy (non-hydrogen) atoms. The maximum absolute atomic E-state index is 5.83. The van der Waals surface area contributed by atoms with Crippen molar-refractivity contribution in [3.63, 3.8) is 0 Å². The number of rotatable bonds is 2. The van der Waals surface area contributed by atoms with Gasteiger partial charge in [-0.05, 0) is 11.4 Å². The van der Waals surface area contributed by atoms with Crippen molar-refractivity contribution in [3.8, 4) is 0 Å². The predicted molar refractivity (Wildman–Crippen MR) is 44.5 cm³/mol. The number of hydrogen-bond acceptors (Lipinski definition) is 5. The van der Waals surface area contributed by atoms with Crippen LogP contribution in [0.15, 0.2) is 17.5 Å². The Morgan fingerprint density at radius 2 is 2.50 bits per heavy atom. The van der Waals surface area contributed by atoms with Gasteiger partial charge in [-0.15, -0.1) is 21.5 Å². The normalized spacial score (nSPS) is 13.1. The molecule has 0 aliphatic rings. The van der Waals surface area contributed by atoms with E-state index in [1.54, 1.807) is 11.3 Å². The van der Waals surface area contributed by atoms with Crippen molar-refractivity contribution in [1.82, 2.24) is 20.6 Å². The molecule has 2 aromatic heterocycles. The van der Waals surface area contributed by atoms with Crippen LogP contribution in [-0.2, 0) is 0 Å². The van der Waals surface area contributed by atoms with Gasteiger partial charge in [-0.3, -0.25) is 0 Å². The van der Waals surface area contributed by atoms with Gasteiger partial charge in [-0.2, -0.15) is 5.21 Å². The molecular weight excluding hydrogens is 174 g/mol. The number of thiophene rings is 1. The molecule has 0 aromatic carbocycles. The van der Waals surface area contributed by atoms with Crippen molar-refractivity contribution < 1.29 is 0 Å². The molecule has 6 heteroatoms. The molecule has 1 unspecified atom stereocenters. The van der Waals surface area contributed by atoms with Gasteiger partial charge in [0.15, 0.2) is 5.82 Å². The zero-order valence-corrected chi connectivity index (χ0v) is 6.95. The average Bonchev–Trinajstić information content (AvgIpc) is 2.77. The number of H-pyrrole nitrogens is 1. The zero-order chi connectivity index (χ0) is 8.39. The van der Waals surface area contributed by atoms with E-state index >= 15 is 0 Å². The topological polar surface area (TPSA) is 80.5 Å². The van der Waals surface area contributed by atoms with E-state index in [1.807, 2.05) is 17.5 Å². The number of aromatic nitrogens is 4. The fourth-order valence-corrected chi connectivity index (χ4v) is 1.62. The molecule has 2 rings (SSSR count). The minimum absolute atomic E-state index is 0.260. The number of nitrogens with zero attached hydrogens (tertiary/aromatic N) is 3. The number of hydrogen-bond donors (Lipinski definition) is 2. The summed E-state index contributed by atoms with van der Waals surface area (Å²) < 4.78 is 0. The van der Waals surface area contributed by atoms with Crippen molar-refractivity contribution in [1.29, 1.82) is 0 Å². The monoisotopic (exact) mass is 181 g/mol. The van der Waals surface area contributed by atoms with Crippen LogP contribution in [0.2, 0.25) is 0 Å². The summed E-state index contributed by atoms with van der Waals surface area (Å²) in [5, 5.41) is 15.4. The van der Waals surface area contributed by atoms with Gasteiger partial charge in [0.1, 0.15) is 6.04 Å². The van der Waals surface area contributed by atoms with Crippen LogP contribution in [0.25, 0.3) is 0 Å². The van der Waals surface area contributed by atoms with Gasteiger partial charge < -0.3 is 5.73 Å². The highest BCUT2D eigenvalue weighted by Crippen LogP contribution is 2.19. The van der Waals surface area contributed by atoms with Crippen LogP contribution in [-0.4, -0.2) is 20.6 Å². The van der Waals surface area contributed by atoms with Gasteiger partial charge in [0.25, 0.3) is 0 Å². The minimum atomic E-state index is -0.260. The Morgan fingerprint density at radius 1 is 1.58 bits per heavy atom. The first-order chi connectivity index (χ1) is 5.88. The molecule has 0 radical (unpaired) electrons. The van der Waals surface area contributed by atoms with Crippen molar-refractivity contribution in [2.75, 3.05) is 0 Å². The summed E-state index contributed by atoms with van der Waals surface area (Å²) in [5.41, 5.74) is 5.83. The second kappa shape index (κ2) is 3.00. The van der Waals surface area contributed by atoms with Gasteiger partial charge in [-0.1, -0.05) is 11.3 Å². The molecular formula is C6H7N5S. The lowest BCUT2D eigenvalue weighted by Gasteiger charge is -2.01. The van der Waals surface area contributed by atoms with Gasteiger partial charge >= 0.3 is 0 Å². The van der Waals surface area contributed by atoms with Crippen LogP contribution < -0.4 is 5.73 Å². The average molecular weight is 181 g/mol. The molecule has 0 saturated carbocycles. The van der Waals surface area contributed by atoms with Crippen LogP contribution in [0.3, 0.4) is 0 Å². The van der Waals surface area contributed by atoms with E-state index in [0.717, 1.165) is 4.88 Å². The lowest BCUT2D eigenvalue weighted by Crippen LogP contribution is -2.11. The number of nitrogens with one attached hydrogen (secondary N) is 1. The highest BCUT2D eigenvalue weighted by molar-refractivity contribution is 7.10. The molecule has 1 atom stereocenters. The van der Waals surface area contributed by atoms with E-state index in [-0.39, 0.29) is 6.04 Å². The molecule has 0 saturated heterocycles. The third-order valence-corrected chi connectivity index (χ3v) is 2.45. The summed E-state index contributed by atoms with van der Waals surface area (Å²) in [6, 6.07) is 3.63. The van der Waals surface area contributed by atoms with Crippen LogP contribution in [0.4, 0.5) is 0 Å². The summed E-state index contributed by atoms with van der Waals surface area (Å²) in [7, 11) is 0.